The van der Waals surface area contributed by atoms with Crippen LogP contribution >= 0.6 is 0 Å². The minimum absolute atomic E-state index is 0.0510. The Balaban J connectivity index is 2.11. The van der Waals surface area contributed by atoms with Crippen LogP contribution in [0.25, 0.3) is 11.3 Å². The standard InChI is InChI=1S/C22H18F4N4O2S/c1-4-19-17(7-5-14-9-20(13(2)27-11-14)30-33(3,31)32)21(29-12-28-19)16-8-6-15(10-18(16)23)22(24,25)26/h6,8-12,30H,4H2,1-3H3. The average molecular weight is 478 g/mol. The third-order valence-electron chi connectivity index (χ3n) is 4.53. The van der Waals surface area contributed by atoms with Gasteiger partial charge in [0.1, 0.15) is 12.1 Å². The summed E-state index contributed by atoms with van der Waals surface area (Å²) in [5.74, 6) is 4.58. The van der Waals surface area contributed by atoms with Crippen molar-refractivity contribution in [3.8, 4) is 23.1 Å². The van der Waals surface area contributed by atoms with Gasteiger partial charge in [-0.25, -0.2) is 22.8 Å². The summed E-state index contributed by atoms with van der Waals surface area (Å²) in [7, 11) is -3.54. The first-order valence-corrected chi connectivity index (χ1v) is 11.5. The molecule has 0 amide bonds. The van der Waals surface area contributed by atoms with Crippen LogP contribution in [0.15, 0.2) is 36.8 Å². The zero-order valence-corrected chi connectivity index (χ0v) is 18.6. The number of halogens is 4. The van der Waals surface area contributed by atoms with Gasteiger partial charge >= 0.3 is 6.18 Å². The van der Waals surface area contributed by atoms with Gasteiger partial charge in [0, 0.05) is 17.3 Å². The van der Waals surface area contributed by atoms with E-state index in [0.29, 0.717) is 29.4 Å². The van der Waals surface area contributed by atoms with Crippen molar-refractivity contribution in [1.29, 1.82) is 0 Å². The van der Waals surface area contributed by atoms with Gasteiger partial charge in [0.05, 0.1) is 40.2 Å². The molecule has 0 aliphatic carbocycles. The Morgan fingerprint density at radius 1 is 1.09 bits per heavy atom. The first-order valence-electron chi connectivity index (χ1n) is 9.56. The van der Waals surface area contributed by atoms with E-state index in [2.05, 4.69) is 31.5 Å². The van der Waals surface area contributed by atoms with Gasteiger partial charge in [-0.15, -0.1) is 0 Å². The highest BCUT2D eigenvalue weighted by Gasteiger charge is 2.31. The summed E-state index contributed by atoms with van der Waals surface area (Å²) in [5, 5.41) is 0. The number of benzene rings is 1. The van der Waals surface area contributed by atoms with Gasteiger partial charge in [0.25, 0.3) is 0 Å². The second kappa shape index (κ2) is 9.15. The van der Waals surface area contributed by atoms with Gasteiger partial charge in [-0.2, -0.15) is 13.2 Å². The molecule has 33 heavy (non-hydrogen) atoms. The third kappa shape index (κ3) is 5.84. The monoisotopic (exact) mass is 478 g/mol. The van der Waals surface area contributed by atoms with E-state index >= 15 is 0 Å². The molecule has 0 aliphatic rings. The van der Waals surface area contributed by atoms with E-state index in [4.69, 9.17) is 0 Å². The zero-order valence-electron chi connectivity index (χ0n) is 17.7. The lowest BCUT2D eigenvalue weighted by molar-refractivity contribution is -0.137. The number of hydrogen-bond donors (Lipinski definition) is 1. The number of aromatic nitrogens is 3. The van der Waals surface area contributed by atoms with Crippen molar-refractivity contribution in [3.05, 3.63) is 70.7 Å². The maximum absolute atomic E-state index is 14.6. The molecule has 0 aliphatic heterocycles. The zero-order chi connectivity index (χ0) is 24.4. The molecule has 1 aromatic carbocycles. The van der Waals surface area contributed by atoms with E-state index in [9.17, 15) is 26.0 Å². The molecule has 2 heterocycles. The first-order chi connectivity index (χ1) is 15.4. The smallest absolute Gasteiger partial charge is 0.282 e. The molecule has 0 radical (unpaired) electrons. The summed E-state index contributed by atoms with van der Waals surface area (Å²) in [6, 6.07) is 3.68. The summed E-state index contributed by atoms with van der Waals surface area (Å²) in [5.41, 5.74) is 0.558. The lowest BCUT2D eigenvalue weighted by Gasteiger charge is -2.11. The number of nitrogens with one attached hydrogen (secondary N) is 1. The van der Waals surface area contributed by atoms with Crippen molar-refractivity contribution in [1.82, 2.24) is 15.0 Å². The second-order valence-corrected chi connectivity index (χ2v) is 8.82. The Hall–Kier alpha value is -3.52. The topological polar surface area (TPSA) is 84.8 Å². The largest absolute Gasteiger partial charge is 0.416 e. The molecule has 0 bridgehead atoms. The molecule has 3 rings (SSSR count). The molecular formula is C22H18F4N4O2S. The van der Waals surface area contributed by atoms with Crippen LogP contribution in [0.1, 0.15) is 35.0 Å². The first kappa shape index (κ1) is 24.1. The van der Waals surface area contributed by atoms with E-state index in [0.717, 1.165) is 18.4 Å². The molecule has 11 heteroatoms. The van der Waals surface area contributed by atoms with E-state index in [1.807, 2.05) is 0 Å². The van der Waals surface area contributed by atoms with Gasteiger partial charge in [-0.1, -0.05) is 18.8 Å². The molecular weight excluding hydrogens is 460 g/mol. The second-order valence-electron chi connectivity index (χ2n) is 7.07. The highest BCUT2D eigenvalue weighted by atomic mass is 32.2. The Morgan fingerprint density at radius 2 is 1.82 bits per heavy atom. The summed E-state index contributed by atoms with van der Waals surface area (Å²) in [6.45, 7) is 3.42. The van der Waals surface area contributed by atoms with Crippen LogP contribution in [0.2, 0.25) is 0 Å². The maximum Gasteiger partial charge on any atom is 0.416 e. The molecule has 0 saturated heterocycles. The molecule has 172 valence electrons. The lowest BCUT2D eigenvalue weighted by Crippen LogP contribution is -2.11. The number of aryl methyl sites for hydroxylation is 2. The highest BCUT2D eigenvalue weighted by Crippen LogP contribution is 2.33. The fourth-order valence-electron chi connectivity index (χ4n) is 2.95. The number of pyridine rings is 1. The molecule has 0 saturated carbocycles. The van der Waals surface area contributed by atoms with Gasteiger partial charge in [0.15, 0.2) is 0 Å². The SMILES string of the molecule is CCc1ncnc(-c2ccc(C(F)(F)F)cc2F)c1C#Cc1cnc(C)c(NS(C)(=O)=O)c1. The number of nitrogens with zero attached hydrogens (tertiary/aromatic N) is 3. The quantitative estimate of drug-likeness (QED) is 0.446. The van der Waals surface area contributed by atoms with Crippen molar-refractivity contribution in [2.45, 2.75) is 26.4 Å². The Bertz CT molecular complexity index is 1380. The average Bonchev–Trinajstić information content (AvgIpc) is 2.72. The lowest BCUT2D eigenvalue weighted by atomic mass is 10.0. The summed E-state index contributed by atoms with van der Waals surface area (Å²) < 4.78 is 78.8. The Morgan fingerprint density at radius 3 is 2.42 bits per heavy atom. The van der Waals surface area contributed by atoms with Gasteiger partial charge in [-0.3, -0.25) is 9.71 Å². The Kier molecular flexibility index (Phi) is 6.69. The van der Waals surface area contributed by atoms with Crippen LogP contribution < -0.4 is 4.72 Å². The van der Waals surface area contributed by atoms with Crippen molar-refractivity contribution < 1.29 is 26.0 Å². The van der Waals surface area contributed by atoms with Crippen molar-refractivity contribution in [3.63, 3.8) is 0 Å². The predicted octanol–water partition coefficient (Wildman–Crippen LogP) is 4.34. The Labute approximate surface area is 188 Å². The molecule has 0 atom stereocenters. The van der Waals surface area contributed by atoms with Gasteiger partial charge in [0.2, 0.25) is 10.0 Å². The molecule has 6 nitrogen and oxygen atoms in total. The van der Waals surface area contributed by atoms with Crippen LogP contribution in [0.5, 0.6) is 0 Å². The normalized spacial score (nSPS) is 11.6. The minimum atomic E-state index is -4.68. The van der Waals surface area contributed by atoms with E-state index < -0.39 is 27.6 Å². The summed E-state index contributed by atoms with van der Waals surface area (Å²) in [6.07, 6.45) is -0.640. The van der Waals surface area contributed by atoms with Gasteiger partial charge < -0.3 is 0 Å². The molecule has 2 aromatic heterocycles. The molecule has 3 aromatic rings. The molecule has 0 unspecified atom stereocenters. The van der Waals surface area contributed by atoms with E-state index in [1.165, 1.54) is 18.6 Å². The summed E-state index contributed by atoms with van der Waals surface area (Å²) >= 11 is 0. The molecule has 1 N–H and O–H groups in total. The third-order valence-corrected chi connectivity index (χ3v) is 5.12. The number of sulfonamides is 1. The number of anilines is 1. The van der Waals surface area contributed by atoms with Crippen molar-refractivity contribution in [2.24, 2.45) is 0 Å². The number of rotatable bonds is 4. The van der Waals surface area contributed by atoms with E-state index in [1.54, 1.807) is 13.8 Å². The van der Waals surface area contributed by atoms with Crippen molar-refractivity contribution in [2.75, 3.05) is 11.0 Å². The van der Waals surface area contributed by atoms with Crippen LogP contribution in [-0.2, 0) is 22.6 Å². The van der Waals surface area contributed by atoms with Crippen molar-refractivity contribution >= 4 is 15.7 Å². The fourth-order valence-corrected chi connectivity index (χ4v) is 3.55. The van der Waals surface area contributed by atoms with Gasteiger partial charge in [-0.05, 0) is 37.6 Å². The van der Waals surface area contributed by atoms with Crippen LogP contribution in [0.4, 0.5) is 23.2 Å². The molecule has 0 spiro atoms. The highest BCUT2D eigenvalue weighted by molar-refractivity contribution is 7.92. The van der Waals surface area contributed by atoms with E-state index in [-0.39, 0.29) is 22.5 Å². The number of alkyl halides is 3. The van der Waals surface area contributed by atoms with Crippen LogP contribution in [-0.4, -0.2) is 29.6 Å². The minimum Gasteiger partial charge on any atom is -0.282 e. The van der Waals surface area contributed by atoms with Crippen LogP contribution in [0, 0.1) is 24.6 Å². The maximum atomic E-state index is 14.6. The molecule has 0 fully saturated rings. The predicted molar refractivity (Wildman–Crippen MR) is 115 cm³/mol. The summed E-state index contributed by atoms with van der Waals surface area (Å²) in [4.78, 5) is 12.3. The van der Waals surface area contributed by atoms with Crippen LogP contribution in [0.3, 0.4) is 0 Å². The number of hydrogen-bond acceptors (Lipinski definition) is 5. The fraction of sp³-hybridized carbons (Fsp3) is 0.227.